The predicted molar refractivity (Wildman–Crippen MR) is 219 cm³/mol. The van der Waals surface area contributed by atoms with E-state index in [0.29, 0.717) is 17.5 Å². The maximum Gasteiger partial charge on any atom is 0.164 e. The molecule has 54 heavy (non-hydrogen) atoms. The molecule has 0 bridgehead atoms. The molecule has 252 valence electrons. The Morgan fingerprint density at radius 1 is 0.370 bits per heavy atom. The summed E-state index contributed by atoms with van der Waals surface area (Å²) in [6.07, 6.45) is 0. The first-order chi connectivity index (χ1) is 26.8. The van der Waals surface area contributed by atoms with E-state index in [-0.39, 0.29) is 0 Å². The van der Waals surface area contributed by atoms with Crippen LogP contribution in [0.3, 0.4) is 0 Å². The van der Waals surface area contributed by atoms with Crippen LogP contribution < -0.4 is 4.74 Å². The van der Waals surface area contributed by atoms with E-state index in [0.717, 1.165) is 72.6 Å². The molecule has 0 saturated carbocycles. The summed E-state index contributed by atoms with van der Waals surface area (Å²) < 4.78 is 9.16. The molecule has 3 heterocycles. The lowest BCUT2D eigenvalue weighted by Crippen LogP contribution is -2.00. The molecule has 1 aliphatic heterocycles. The van der Waals surface area contributed by atoms with Crippen molar-refractivity contribution in [3.63, 3.8) is 0 Å². The quantitative estimate of drug-likeness (QED) is 0.184. The Morgan fingerprint density at radius 3 is 1.61 bits per heavy atom. The maximum atomic E-state index is 6.79. The summed E-state index contributed by atoms with van der Waals surface area (Å²) in [5.74, 6) is 3.62. The molecule has 0 aliphatic carbocycles. The van der Waals surface area contributed by atoms with E-state index in [9.17, 15) is 0 Å². The highest BCUT2D eigenvalue weighted by Crippen LogP contribution is 2.49. The largest absolute Gasteiger partial charge is 0.456 e. The van der Waals surface area contributed by atoms with Gasteiger partial charge in [0.05, 0.1) is 11.0 Å². The lowest BCUT2D eigenvalue weighted by Gasteiger charge is -2.13. The van der Waals surface area contributed by atoms with E-state index in [1.807, 2.05) is 66.7 Å². The van der Waals surface area contributed by atoms with Crippen LogP contribution in [0.2, 0.25) is 0 Å². The Kier molecular flexibility index (Phi) is 6.79. The van der Waals surface area contributed by atoms with Crippen molar-refractivity contribution >= 4 is 32.6 Å². The molecule has 0 saturated heterocycles. The van der Waals surface area contributed by atoms with Crippen LogP contribution in [0.25, 0.3) is 94.7 Å². The fraction of sp³-hybridized carbons (Fsp3) is 0. The second-order valence-electron chi connectivity index (χ2n) is 13.6. The fourth-order valence-electron chi connectivity index (χ4n) is 7.93. The van der Waals surface area contributed by atoms with Crippen molar-refractivity contribution in [2.75, 3.05) is 0 Å². The number of fused-ring (bicyclic) bond motifs is 10. The number of hydrogen-bond donors (Lipinski definition) is 0. The van der Waals surface area contributed by atoms with Crippen LogP contribution >= 0.6 is 0 Å². The van der Waals surface area contributed by atoms with Crippen molar-refractivity contribution in [1.29, 1.82) is 0 Å². The lowest BCUT2D eigenvalue weighted by atomic mass is 9.94. The number of benzene rings is 8. The molecule has 0 N–H and O–H groups in total. The van der Waals surface area contributed by atoms with Crippen LogP contribution in [0.1, 0.15) is 0 Å². The van der Waals surface area contributed by atoms with E-state index < -0.39 is 0 Å². The summed E-state index contributed by atoms with van der Waals surface area (Å²) in [6.45, 7) is 0. The van der Waals surface area contributed by atoms with E-state index in [1.54, 1.807) is 0 Å². The number of nitrogens with zero attached hydrogens (tertiary/aromatic N) is 4. The molecule has 10 aromatic rings. The van der Waals surface area contributed by atoms with Crippen LogP contribution in [-0.2, 0) is 0 Å². The highest BCUT2D eigenvalue weighted by atomic mass is 16.5. The van der Waals surface area contributed by atoms with Gasteiger partial charge in [-0.15, -0.1) is 0 Å². The molecule has 0 fully saturated rings. The molecule has 0 unspecified atom stereocenters. The Balaban J connectivity index is 1.12. The Bertz CT molecular complexity index is 3000. The summed E-state index contributed by atoms with van der Waals surface area (Å²) in [7, 11) is 0. The molecule has 2 aromatic heterocycles. The minimum atomic E-state index is 0.626. The second-order valence-corrected chi connectivity index (χ2v) is 13.6. The molecule has 0 radical (unpaired) electrons. The van der Waals surface area contributed by atoms with Gasteiger partial charge in [-0.25, -0.2) is 15.0 Å². The van der Waals surface area contributed by atoms with Crippen molar-refractivity contribution in [3.05, 3.63) is 182 Å². The van der Waals surface area contributed by atoms with Crippen LogP contribution in [-0.4, -0.2) is 19.5 Å². The van der Waals surface area contributed by atoms with Gasteiger partial charge in [-0.3, -0.25) is 0 Å². The van der Waals surface area contributed by atoms with Gasteiger partial charge in [0.25, 0.3) is 0 Å². The maximum absolute atomic E-state index is 6.79. The molecule has 0 atom stereocenters. The van der Waals surface area contributed by atoms with Gasteiger partial charge in [0.15, 0.2) is 17.5 Å². The standard InChI is InChI=1S/C49H30N4O/c1-3-14-32(15-4-1)47-50-48(33-16-5-2-6-17-33)52-49(51-47)34-23-26-35(27-24-34)53-42-28-25-31-13-7-8-18-36(31)46(42)41-30-45-40(29-43(41)53)38-20-10-9-19-37(38)39-21-11-12-22-44(39)54-45/h1-30H. The van der Waals surface area contributed by atoms with Gasteiger partial charge in [0.2, 0.25) is 0 Å². The zero-order valence-corrected chi connectivity index (χ0v) is 29.0. The first kappa shape index (κ1) is 30.3. The van der Waals surface area contributed by atoms with Crippen molar-refractivity contribution in [2.24, 2.45) is 0 Å². The van der Waals surface area contributed by atoms with Gasteiger partial charge in [0.1, 0.15) is 11.5 Å². The molecule has 11 rings (SSSR count). The summed E-state index contributed by atoms with van der Waals surface area (Å²) >= 11 is 0. The predicted octanol–water partition coefficient (Wildman–Crippen LogP) is 12.6. The summed E-state index contributed by atoms with van der Waals surface area (Å²) in [5, 5.41) is 4.74. The number of rotatable bonds is 4. The van der Waals surface area contributed by atoms with Crippen LogP contribution in [0.5, 0.6) is 11.5 Å². The topological polar surface area (TPSA) is 52.8 Å². The normalized spacial score (nSPS) is 11.9. The number of para-hydroxylation sites is 1. The smallest absolute Gasteiger partial charge is 0.164 e. The van der Waals surface area contributed by atoms with E-state index >= 15 is 0 Å². The summed E-state index contributed by atoms with van der Waals surface area (Å²) in [4.78, 5) is 14.8. The monoisotopic (exact) mass is 690 g/mol. The molecule has 0 spiro atoms. The minimum Gasteiger partial charge on any atom is -0.456 e. The zero-order valence-electron chi connectivity index (χ0n) is 29.0. The highest BCUT2D eigenvalue weighted by molar-refractivity contribution is 6.22. The van der Waals surface area contributed by atoms with E-state index in [4.69, 9.17) is 19.7 Å². The number of hydrogen-bond acceptors (Lipinski definition) is 4. The van der Waals surface area contributed by atoms with Crippen LogP contribution in [0, 0.1) is 0 Å². The molecule has 0 amide bonds. The Hall–Kier alpha value is -7.37. The molecule has 1 aliphatic rings. The Labute approximate surface area is 311 Å². The van der Waals surface area contributed by atoms with Gasteiger partial charge in [0, 0.05) is 44.3 Å². The van der Waals surface area contributed by atoms with Crippen molar-refractivity contribution in [1.82, 2.24) is 19.5 Å². The molecular formula is C49H30N4O. The van der Waals surface area contributed by atoms with Gasteiger partial charge >= 0.3 is 0 Å². The highest BCUT2D eigenvalue weighted by Gasteiger charge is 2.24. The Morgan fingerprint density at radius 2 is 0.926 bits per heavy atom. The summed E-state index contributed by atoms with van der Waals surface area (Å²) in [5.41, 5.74) is 10.5. The van der Waals surface area contributed by atoms with Gasteiger partial charge in [-0.1, -0.05) is 133 Å². The lowest BCUT2D eigenvalue weighted by molar-refractivity contribution is 0.488. The van der Waals surface area contributed by atoms with Crippen molar-refractivity contribution in [2.45, 2.75) is 0 Å². The zero-order chi connectivity index (χ0) is 35.6. The molecule has 5 nitrogen and oxygen atoms in total. The van der Waals surface area contributed by atoms with Crippen molar-refractivity contribution < 1.29 is 4.74 Å². The average molecular weight is 691 g/mol. The molecule has 5 heteroatoms. The summed E-state index contributed by atoms with van der Waals surface area (Å²) in [6, 6.07) is 63.3. The third kappa shape index (κ3) is 4.83. The van der Waals surface area contributed by atoms with Crippen molar-refractivity contribution in [3.8, 4) is 73.6 Å². The molecular weight excluding hydrogens is 661 g/mol. The first-order valence-corrected chi connectivity index (χ1v) is 18.1. The average Bonchev–Trinajstić information content (AvgIpc) is 3.50. The molecule has 8 aromatic carbocycles. The third-order valence-corrected chi connectivity index (χ3v) is 10.5. The second kappa shape index (κ2) is 12.1. The van der Waals surface area contributed by atoms with Gasteiger partial charge in [-0.05, 0) is 70.4 Å². The van der Waals surface area contributed by atoms with Crippen LogP contribution in [0.4, 0.5) is 0 Å². The fourth-order valence-corrected chi connectivity index (χ4v) is 7.93. The minimum absolute atomic E-state index is 0.626. The van der Waals surface area contributed by atoms with E-state index in [1.165, 1.54) is 16.2 Å². The van der Waals surface area contributed by atoms with Gasteiger partial charge in [-0.2, -0.15) is 0 Å². The third-order valence-electron chi connectivity index (χ3n) is 10.5. The van der Waals surface area contributed by atoms with Gasteiger partial charge < -0.3 is 9.30 Å². The van der Waals surface area contributed by atoms with E-state index in [2.05, 4.69) is 120 Å². The van der Waals surface area contributed by atoms with Crippen LogP contribution in [0.15, 0.2) is 182 Å². The first-order valence-electron chi connectivity index (χ1n) is 18.1. The number of aromatic nitrogens is 4. The SMILES string of the molecule is c1ccc(-c2nc(-c3ccccc3)nc(-c3ccc(-n4c5cc6c(cc5c5c7ccccc7ccc54)Oc4ccccc4-c4ccccc4-6)cc3)n2)cc1. The number of ether oxygens (including phenoxy) is 1.